The summed E-state index contributed by atoms with van der Waals surface area (Å²) in [7, 11) is 1.33. The molecule has 0 N–H and O–H groups in total. The van der Waals surface area contributed by atoms with Crippen LogP contribution >= 0.6 is 8.58 Å². The molecule has 1 aliphatic heterocycles. The minimum Gasteiger partial charge on any atom is -0.0721 e. The maximum absolute atomic E-state index is 2.10. The molecule has 1 saturated heterocycles. The van der Waals surface area contributed by atoms with Gasteiger partial charge in [0.2, 0.25) is 0 Å². The van der Waals surface area contributed by atoms with Crippen LogP contribution in [0.15, 0.2) is 0 Å². The molecule has 0 aromatic rings. The van der Waals surface area contributed by atoms with Crippen LogP contribution in [0.4, 0.5) is 0 Å². The van der Waals surface area contributed by atoms with Crippen molar-refractivity contribution in [2.24, 2.45) is 0 Å². The molecule has 0 amide bonds. The summed E-state index contributed by atoms with van der Waals surface area (Å²) < 4.78 is 0. The zero-order valence-corrected chi connectivity index (χ0v) is 8.00. The van der Waals surface area contributed by atoms with E-state index in [4.69, 9.17) is 0 Å². The largest absolute Gasteiger partial charge is 0.0721 e. The van der Waals surface area contributed by atoms with Crippen LogP contribution in [-0.2, 0) is 17.1 Å². The minimum absolute atomic E-state index is 0. The maximum atomic E-state index is 2.10. The summed E-state index contributed by atoms with van der Waals surface area (Å²) in [5.41, 5.74) is 0. The van der Waals surface area contributed by atoms with Crippen LogP contribution in [0.25, 0.3) is 0 Å². The Balaban J connectivity index is 0.000000167. The summed E-state index contributed by atoms with van der Waals surface area (Å²) in [5.74, 6) is 0. The Hall–Kier alpha value is 0.949. The zero-order valence-electron chi connectivity index (χ0n) is 6.00. The molecule has 58 valence electrons. The number of rotatable bonds is 0. The first kappa shape index (κ1) is 11.9. The molecule has 0 aromatic carbocycles. The summed E-state index contributed by atoms with van der Waals surface area (Å²) in [5, 5.41) is 0. The Morgan fingerprint density at radius 2 is 0.909 bits per heavy atom. The molecule has 1 aliphatic carbocycles. The zero-order chi connectivity index (χ0) is 7.07. The van der Waals surface area contributed by atoms with E-state index in [9.17, 15) is 0 Å². The van der Waals surface area contributed by atoms with E-state index in [1.165, 1.54) is 8.58 Å². The van der Waals surface area contributed by atoms with E-state index < -0.39 is 0 Å². The average Bonchev–Trinajstić information content (AvgIpc) is 2.67. The molecule has 0 atom stereocenters. The average molecular weight is 204 g/mol. The second kappa shape index (κ2) is 9.04. The van der Waals surface area contributed by atoms with Crippen molar-refractivity contribution in [3.05, 3.63) is 57.3 Å². The van der Waals surface area contributed by atoms with Gasteiger partial charge in [0.05, 0.1) is 0 Å². The van der Waals surface area contributed by atoms with E-state index in [1.807, 2.05) is 44.9 Å². The summed E-state index contributed by atoms with van der Waals surface area (Å²) in [6.07, 6.45) is 18.3. The molecule has 2 rings (SSSR count). The van der Waals surface area contributed by atoms with Crippen LogP contribution < -0.4 is 0 Å². The van der Waals surface area contributed by atoms with Crippen molar-refractivity contribution in [2.45, 2.75) is 0 Å². The van der Waals surface area contributed by atoms with Crippen molar-refractivity contribution >= 4 is 8.58 Å². The van der Waals surface area contributed by atoms with Crippen LogP contribution in [0.5, 0.6) is 0 Å². The van der Waals surface area contributed by atoms with E-state index in [-0.39, 0.29) is 17.1 Å². The van der Waals surface area contributed by atoms with Crippen LogP contribution in [0.3, 0.4) is 0 Å². The van der Waals surface area contributed by atoms with Gasteiger partial charge in [-0.1, -0.05) is 8.58 Å². The van der Waals surface area contributed by atoms with Crippen molar-refractivity contribution in [1.82, 2.24) is 0 Å². The maximum Gasteiger partial charge on any atom is 0 e. The molecule has 10 radical (unpaired) electrons. The molecule has 0 spiro atoms. The van der Waals surface area contributed by atoms with Gasteiger partial charge in [-0.05, 0) is 57.3 Å². The quantitative estimate of drug-likeness (QED) is 0.420. The summed E-state index contributed by atoms with van der Waals surface area (Å²) in [4.78, 5) is 0. The molecule has 0 aromatic heterocycles. The molecule has 0 bridgehead atoms. The van der Waals surface area contributed by atoms with Crippen molar-refractivity contribution < 1.29 is 17.1 Å². The van der Waals surface area contributed by atoms with Gasteiger partial charge in [-0.25, -0.2) is 0 Å². The minimum atomic E-state index is 0. The van der Waals surface area contributed by atoms with Gasteiger partial charge in [0, 0.05) is 17.1 Å². The smallest absolute Gasteiger partial charge is 0 e. The van der Waals surface area contributed by atoms with Gasteiger partial charge in [0.15, 0.2) is 0 Å². The van der Waals surface area contributed by atoms with Crippen molar-refractivity contribution in [1.29, 1.82) is 0 Å². The molecule has 0 nitrogen and oxygen atoms in total. The monoisotopic (exact) mass is 204 g/mol. The molecule has 0 unspecified atom stereocenters. The van der Waals surface area contributed by atoms with Gasteiger partial charge in [0.1, 0.15) is 0 Å². The van der Waals surface area contributed by atoms with E-state index in [0.717, 1.165) is 0 Å². The third-order valence-corrected chi connectivity index (χ3v) is 1.70. The van der Waals surface area contributed by atoms with E-state index in [0.29, 0.717) is 0 Å². The fraction of sp³-hybridized carbons (Fsp3) is 0. The Bertz CT molecular complexity index is 42.7. The normalized spacial score (nSPS) is 21.8. The summed E-state index contributed by atoms with van der Waals surface area (Å²) in [6, 6.07) is 0. The molecule has 2 aliphatic rings. The second-order valence-electron chi connectivity index (χ2n) is 1.79. The van der Waals surface area contributed by atoms with Gasteiger partial charge in [0.25, 0.3) is 0 Å². The Kier molecular flexibility index (Phi) is 9.82. The van der Waals surface area contributed by atoms with Crippen molar-refractivity contribution in [2.75, 3.05) is 0 Å². The first-order valence-corrected chi connectivity index (χ1v) is 4.22. The Morgan fingerprint density at radius 1 is 0.545 bits per heavy atom. The molecular formula is C9H9FeP. The Morgan fingerprint density at radius 3 is 1.09 bits per heavy atom. The first-order valence-electron chi connectivity index (χ1n) is 3.18. The van der Waals surface area contributed by atoms with Crippen molar-refractivity contribution in [3.63, 3.8) is 0 Å². The second-order valence-corrected chi connectivity index (χ2v) is 2.69. The van der Waals surface area contributed by atoms with Crippen LogP contribution in [0.2, 0.25) is 0 Å². The molecule has 11 heavy (non-hydrogen) atoms. The van der Waals surface area contributed by atoms with Crippen LogP contribution in [0, 0.1) is 57.3 Å². The molecular weight excluding hydrogens is 195 g/mol. The standard InChI is InChI=1S/C5H5.C4H4P.Fe/c2*1-2-4-5-3-1;/h1-5H;1-4H;. The van der Waals surface area contributed by atoms with Crippen molar-refractivity contribution in [3.8, 4) is 0 Å². The molecule has 2 fully saturated rings. The fourth-order valence-corrected chi connectivity index (χ4v) is 1.07. The van der Waals surface area contributed by atoms with Gasteiger partial charge >= 0.3 is 0 Å². The van der Waals surface area contributed by atoms with Crippen LogP contribution in [-0.4, -0.2) is 0 Å². The summed E-state index contributed by atoms with van der Waals surface area (Å²) >= 11 is 0. The predicted octanol–water partition coefficient (Wildman–Crippen LogP) is 2.70. The van der Waals surface area contributed by atoms with E-state index in [2.05, 4.69) is 12.3 Å². The topological polar surface area (TPSA) is 0 Å². The first-order chi connectivity index (χ1) is 5.00. The van der Waals surface area contributed by atoms with E-state index >= 15 is 0 Å². The summed E-state index contributed by atoms with van der Waals surface area (Å²) in [6.45, 7) is 0. The molecule has 1 saturated carbocycles. The number of hydrogen-bond acceptors (Lipinski definition) is 0. The Labute approximate surface area is 83.2 Å². The van der Waals surface area contributed by atoms with Gasteiger partial charge in [-0.3, -0.25) is 0 Å². The van der Waals surface area contributed by atoms with Gasteiger partial charge in [-0.2, -0.15) is 0 Å². The fourth-order valence-electron chi connectivity index (χ4n) is 0.569. The van der Waals surface area contributed by atoms with Gasteiger partial charge in [-0.15, -0.1) is 0 Å². The van der Waals surface area contributed by atoms with Gasteiger partial charge < -0.3 is 0 Å². The SMILES string of the molecule is [CH]1[CH][CH][CH][CH]1.[CH]1[CH][CH][P][CH]1.[Fe]. The molecule has 1 heterocycles. The van der Waals surface area contributed by atoms with Crippen LogP contribution in [0.1, 0.15) is 0 Å². The predicted molar refractivity (Wildman–Crippen MR) is 45.6 cm³/mol. The third kappa shape index (κ3) is 7.31. The van der Waals surface area contributed by atoms with E-state index in [1.54, 1.807) is 0 Å². The number of hydrogen-bond donors (Lipinski definition) is 0. The third-order valence-electron chi connectivity index (χ3n) is 1.01. The molecule has 2 heteroatoms.